The maximum Gasteiger partial charge on any atom is 0.224 e. The molecule has 1 aliphatic rings. The van der Waals surface area contributed by atoms with Gasteiger partial charge in [-0.1, -0.05) is 29.8 Å². The molecule has 1 aliphatic heterocycles. The lowest BCUT2D eigenvalue weighted by Crippen LogP contribution is -2.30. The fourth-order valence-corrected chi connectivity index (χ4v) is 3.43. The number of nitrogens with zero attached hydrogens (tertiary/aromatic N) is 1. The van der Waals surface area contributed by atoms with Gasteiger partial charge < -0.3 is 0 Å². The minimum absolute atomic E-state index is 0.0464. The minimum atomic E-state index is -3.01. The van der Waals surface area contributed by atoms with Crippen molar-refractivity contribution in [1.82, 2.24) is 4.31 Å². The number of alkyl halides is 1. The summed E-state index contributed by atoms with van der Waals surface area (Å²) < 4.78 is 24.5. The summed E-state index contributed by atoms with van der Waals surface area (Å²) >= 11 is 3.01. The normalized spacial score (nSPS) is 25.7. The van der Waals surface area contributed by atoms with Crippen LogP contribution in [0.15, 0.2) is 0 Å². The van der Waals surface area contributed by atoms with Gasteiger partial charge >= 0.3 is 0 Å². The minimum Gasteiger partial charge on any atom is -0.211 e. The summed E-state index contributed by atoms with van der Waals surface area (Å²) in [5.74, 6) is 1.12. The quantitative estimate of drug-likeness (QED) is 0.731. The molecule has 5 heteroatoms. The van der Waals surface area contributed by atoms with Gasteiger partial charge in [0.05, 0.1) is 0 Å². The van der Waals surface area contributed by atoms with E-state index in [1.54, 1.807) is 4.31 Å². The Balaban J connectivity index is 2.60. The van der Waals surface area contributed by atoms with Gasteiger partial charge in [0.2, 0.25) is 10.0 Å². The standard InChI is InChI=1S/C8H16BrNO2S/c1-7(2)8-3-4-10(5-8)13(11,12)6-9/h7-8H,3-6H2,1-2H3. The Bertz CT molecular complexity index is 263. The molecule has 0 bridgehead atoms. The number of sulfonamides is 1. The first kappa shape index (κ1) is 11.5. The van der Waals surface area contributed by atoms with E-state index in [1.807, 2.05) is 0 Å². The Morgan fingerprint density at radius 1 is 1.54 bits per heavy atom. The Kier molecular flexibility index (Phi) is 3.77. The molecule has 0 aromatic carbocycles. The Hall–Kier alpha value is 0.390. The monoisotopic (exact) mass is 269 g/mol. The summed E-state index contributed by atoms with van der Waals surface area (Å²) in [6.07, 6.45) is 1.00. The molecular formula is C8H16BrNO2S. The van der Waals surface area contributed by atoms with Crippen molar-refractivity contribution < 1.29 is 8.42 Å². The molecule has 0 N–H and O–H groups in total. The van der Waals surface area contributed by atoms with Crippen molar-refractivity contribution in [3.05, 3.63) is 0 Å². The Morgan fingerprint density at radius 2 is 2.15 bits per heavy atom. The molecule has 1 fully saturated rings. The second-order valence-corrected chi connectivity index (χ2v) is 7.14. The first-order valence-electron chi connectivity index (χ1n) is 4.51. The summed E-state index contributed by atoms with van der Waals surface area (Å²) in [6.45, 7) is 5.69. The average Bonchev–Trinajstić information content (AvgIpc) is 2.52. The van der Waals surface area contributed by atoms with Gasteiger partial charge in [0.1, 0.15) is 4.66 Å². The van der Waals surface area contributed by atoms with Crippen LogP contribution in [0, 0.1) is 11.8 Å². The first-order chi connectivity index (χ1) is 5.97. The molecular weight excluding hydrogens is 254 g/mol. The lowest BCUT2D eigenvalue weighted by atomic mass is 9.96. The van der Waals surface area contributed by atoms with Crippen LogP contribution in [0.3, 0.4) is 0 Å². The topological polar surface area (TPSA) is 37.4 Å². The highest BCUT2D eigenvalue weighted by molar-refractivity contribution is 9.10. The SMILES string of the molecule is CC(C)C1CCN(S(=O)(=O)CBr)C1. The number of hydrogen-bond acceptors (Lipinski definition) is 2. The summed E-state index contributed by atoms with van der Waals surface area (Å²) in [5, 5.41) is 0. The van der Waals surface area contributed by atoms with Crippen molar-refractivity contribution in [3.63, 3.8) is 0 Å². The van der Waals surface area contributed by atoms with Crippen LogP contribution in [0.25, 0.3) is 0 Å². The van der Waals surface area contributed by atoms with Crippen LogP contribution in [0.4, 0.5) is 0 Å². The zero-order valence-corrected chi connectivity index (χ0v) is 10.4. The fourth-order valence-electron chi connectivity index (χ4n) is 1.62. The lowest BCUT2D eigenvalue weighted by Gasteiger charge is -2.16. The van der Waals surface area contributed by atoms with Gasteiger partial charge in [0.15, 0.2) is 0 Å². The van der Waals surface area contributed by atoms with Gasteiger partial charge in [0.25, 0.3) is 0 Å². The van der Waals surface area contributed by atoms with E-state index < -0.39 is 10.0 Å². The van der Waals surface area contributed by atoms with E-state index in [0.717, 1.165) is 6.42 Å². The van der Waals surface area contributed by atoms with Crippen LogP contribution in [0.5, 0.6) is 0 Å². The molecule has 0 aromatic heterocycles. The van der Waals surface area contributed by atoms with Crippen LogP contribution in [-0.4, -0.2) is 30.5 Å². The summed E-state index contributed by atoms with van der Waals surface area (Å²) in [7, 11) is -3.01. The molecule has 0 aromatic rings. The van der Waals surface area contributed by atoms with Crippen molar-refractivity contribution >= 4 is 26.0 Å². The van der Waals surface area contributed by atoms with Crippen LogP contribution < -0.4 is 0 Å². The molecule has 3 nitrogen and oxygen atoms in total. The zero-order chi connectivity index (χ0) is 10.1. The Labute approximate surface area is 88.7 Å². The van der Waals surface area contributed by atoms with Crippen LogP contribution in [0.1, 0.15) is 20.3 Å². The summed E-state index contributed by atoms with van der Waals surface area (Å²) in [4.78, 5) is 0. The highest BCUT2D eigenvalue weighted by atomic mass is 79.9. The first-order valence-corrected chi connectivity index (χ1v) is 7.24. The van der Waals surface area contributed by atoms with Crippen LogP contribution >= 0.6 is 15.9 Å². The molecule has 1 atom stereocenters. The number of hydrogen-bond donors (Lipinski definition) is 0. The highest BCUT2D eigenvalue weighted by Gasteiger charge is 2.31. The molecule has 1 rings (SSSR count). The maximum atomic E-state index is 11.4. The molecule has 0 spiro atoms. The van der Waals surface area contributed by atoms with E-state index in [4.69, 9.17) is 0 Å². The van der Waals surface area contributed by atoms with Gasteiger partial charge in [-0.2, -0.15) is 0 Å². The third-order valence-corrected chi connectivity index (χ3v) is 5.79. The second kappa shape index (κ2) is 4.28. The highest BCUT2D eigenvalue weighted by Crippen LogP contribution is 2.26. The predicted molar refractivity (Wildman–Crippen MR) is 57.2 cm³/mol. The van der Waals surface area contributed by atoms with Crippen molar-refractivity contribution in [3.8, 4) is 0 Å². The summed E-state index contributed by atoms with van der Waals surface area (Å²) in [5.41, 5.74) is 0. The molecule has 78 valence electrons. The fraction of sp³-hybridized carbons (Fsp3) is 1.00. The second-order valence-electron chi connectivity index (χ2n) is 3.87. The molecule has 0 amide bonds. The third kappa shape index (κ3) is 2.67. The molecule has 0 aliphatic carbocycles. The van der Waals surface area contributed by atoms with Crippen molar-refractivity contribution in [2.75, 3.05) is 17.8 Å². The van der Waals surface area contributed by atoms with Crippen LogP contribution in [0.2, 0.25) is 0 Å². The van der Waals surface area contributed by atoms with E-state index in [-0.39, 0.29) is 4.66 Å². The number of halogens is 1. The van der Waals surface area contributed by atoms with E-state index in [1.165, 1.54) is 0 Å². The number of rotatable bonds is 3. The molecule has 1 heterocycles. The molecule has 1 saturated heterocycles. The predicted octanol–water partition coefficient (Wildman–Crippen LogP) is 1.65. The van der Waals surface area contributed by atoms with E-state index >= 15 is 0 Å². The van der Waals surface area contributed by atoms with Gasteiger partial charge in [-0.05, 0) is 18.3 Å². The van der Waals surface area contributed by atoms with Gasteiger partial charge in [0, 0.05) is 13.1 Å². The smallest absolute Gasteiger partial charge is 0.211 e. The van der Waals surface area contributed by atoms with Crippen molar-refractivity contribution in [2.45, 2.75) is 20.3 Å². The summed E-state index contributed by atoms with van der Waals surface area (Å²) in [6, 6.07) is 0. The maximum absolute atomic E-state index is 11.4. The molecule has 1 unspecified atom stereocenters. The third-order valence-electron chi connectivity index (χ3n) is 2.66. The van der Waals surface area contributed by atoms with Crippen LogP contribution in [-0.2, 0) is 10.0 Å². The van der Waals surface area contributed by atoms with Gasteiger partial charge in [-0.3, -0.25) is 0 Å². The Morgan fingerprint density at radius 3 is 2.54 bits per heavy atom. The molecule has 0 saturated carbocycles. The van der Waals surface area contributed by atoms with Gasteiger partial charge in [-0.25, -0.2) is 12.7 Å². The van der Waals surface area contributed by atoms with Crippen molar-refractivity contribution in [2.24, 2.45) is 11.8 Å². The van der Waals surface area contributed by atoms with Gasteiger partial charge in [-0.15, -0.1) is 0 Å². The largest absolute Gasteiger partial charge is 0.224 e. The average molecular weight is 270 g/mol. The van der Waals surface area contributed by atoms with E-state index in [2.05, 4.69) is 29.8 Å². The van der Waals surface area contributed by atoms with Crippen molar-refractivity contribution in [1.29, 1.82) is 0 Å². The zero-order valence-electron chi connectivity index (χ0n) is 8.03. The lowest BCUT2D eigenvalue weighted by molar-refractivity contribution is 0.389. The molecule has 13 heavy (non-hydrogen) atoms. The van der Waals surface area contributed by atoms with E-state index in [0.29, 0.717) is 24.9 Å². The van der Waals surface area contributed by atoms with E-state index in [9.17, 15) is 8.42 Å². The molecule has 0 radical (unpaired) electrons.